The van der Waals surface area contributed by atoms with Gasteiger partial charge in [-0.3, -0.25) is 0 Å². The predicted molar refractivity (Wildman–Crippen MR) is 127 cm³/mol. The molecule has 0 bridgehead atoms. The van der Waals surface area contributed by atoms with Gasteiger partial charge in [-0.2, -0.15) is 0 Å². The number of hydrogen-bond acceptors (Lipinski definition) is 4. The Morgan fingerprint density at radius 1 is 0.909 bits per heavy atom. The Morgan fingerprint density at radius 2 is 1.55 bits per heavy atom. The van der Waals surface area contributed by atoms with Gasteiger partial charge in [0.25, 0.3) is 0 Å². The van der Waals surface area contributed by atoms with Crippen LogP contribution >= 0.6 is 0 Å². The van der Waals surface area contributed by atoms with Crippen LogP contribution in [0.2, 0.25) is 0 Å². The molecule has 3 aromatic carbocycles. The summed E-state index contributed by atoms with van der Waals surface area (Å²) < 4.78 is 5.78. The number of nitrogens with one attached hydrogen (secondary N) is 1. The van der Waals surface area contributed by atoms with E-state index in [2.05, 4.69) is 29.6 Å². The molecule has 0 atom stereocenters. The minimum absolute atomic E-state index is 0.0575. The standard InChI is InChI=1S/C27H26N2O4/c30-26(31)18-6-5-7-20(16-18)28-19-12-14-29(15-13-19)27(32)33-17-25-23-10-3-1-8-21(23)22-9-2-4-11-24(22)25/h1-11,16,19,25,28H,12-15,17H2,(H,30,31). The Morgan fingerprint density at radius 3 is 2.18 bits per heavy atom. The van der Waals surface area contributed by atoms with Gasteiger partial charge in [-0.1, -0.05) is 54.6 Å². The first-order valence-electron chi connectivity index (χ1n) is 11.3. The van der Waals surface area contributed by atoms with Crippen molar-refractivity contribution in [3.05, 3.63) is 89.5 Å². The number of carboxylic acids is 1. The number of likely N-dealkylation sites (tertiary alicyclic amines) is 1. The first kappa shape index (κ1) is 21.1. The van der Waals surface area contributed by atoms with E-state index in [1.54, 1.807) is 23.1 Å². The Balaban J connectivity index is 1.16. The molecule has 1 aliphatic heterocycles. The maximum absolute atomic E-state index is 12.8. The van der Waals surface area contributed by atoms with Crippen molar-refractivity contribution in [3.63, 3.8) is 0 Å². The third kappa shape index (κ3) is 4.29. The zero-order chi connectivity index (χ0) is 22.8. The number of rotatable bonds is 5. The second kappa shape index (κ2) is 8.98. The van der Waals surface area contributed by atoms with Crippen LogP contribution < -0.4 is 5.32 Å². The van der Waals surface area contributed by atoms with E-state index in [9.17, 15) is 9.59 Å². The molecule has 0 unspecified atom stereocenters. The van der Waals surface area contributed by atoms with Crippen molar-refractivity contribution in [2.24, 2.45) is 0 Å². The van der Waals surface area contributed by atoms with Crippen LogP contribution in [0, 0.1) is 0 Å². The highest BCUT2D eigenvalue weighted by Crippen LogP contribution is 2.44. The molecular weight excluding hydrogens is 416 g/mol. The van der Waals surface area contributed by atoms with Gasteiger partial charge in [0.2, 0.25) is 0 Å². The number of hydrogen-bond donors (Lipinski definition) is 2. The molecule has 2 aliphatic rings. The lowest BCUT2D eigenvalue weighted by Crippen LogP contribution is -2.43. The summed E-state index contributed by atoms with van der Waals surface area (Å²) in [5.41, 5.74) is 5.89. The molecule has 3 aromatic rings. The largest absolute Gasteiger partial charge is 0.478 e. The summed E-state index contributed by atoms with van der Waals surface area (Å²) in [4.78, 5) is 25.7. The van der Waals surface area contributed by atoms with Gasteiger partial charge in [-0.25, -0.2) is 9.59 Å². The average molecular weight is 443 g/mol. The van der Waals surface area contributed by atoms with Crippen LogP contribution in [-0.4, -0.2) is 47.8 Å². The van der Waals surface area contributed by atoms with E-state index in [4.69, 9.17) is 9.84 Å². The molecule has 33 heavy (non-hydrogen) atoms. The number of piperidine rings is 1. The highest BCUT2D eigenvalue weighted by atomic mass is 16.6. The monoisotopic (exact) mass is 442 g/mol. The number of anilines is 1. The average Bonchev–Trinajstić information content (AvgIpc) is 3.17. The van der Waals surface area contributed by atoms with Gasteiger partial charge < -0.3 is 20.1 Å². The van der Waals surface area contributed by atoms with Crippen LogP contribution in [0.3, 0.4) is 0 Å². The topological polar surface area (TPSA) is 78.9 Å². The maximum Gasteiger partial charge on any atom is 0.409 e. The minimum Gasteiger partial charge on any atom is -0.478 e. The molecule has 0 saturated carbocycles. The van der Waals surface area contributed by atoms with Crippen molar-refractivity contribution in [3.8, 4) is 11.1 Å². The second-order valence-electron chi connectivity index (χ2n) is 8.60. The van der Waals surface area contributed by atoms with Gasteiger partial charge in [0.1, 0.15) is 6.61 Å². The van der Waals surface area contributed by atoms with Gasteiger partial charge in [-0.15, -0.1) is 0 Å². The van der Waals surface area contributed by atoms with Crippen LogP contribution in [0.25, 0.3) is 11.1 Å². The number of carbonyl (C=O) groups is 2. The lowest BCUT2D eigenvalue weighted by molar-refractivity contribution is 0.0696. The molecule has 6 nitrogen and oxygen atoms in total. The van der Waals surface area contributed by atoms with E-state index in [0.29, 0.717) is 19.7 Å². The Kier molecular flexibility index (Phi) is 5.73. The molecule has 168 valence electrons. The number of fused-ring (bicyclic) bond motifs is 3. The highest BCUT2D eigenvalue weighted by Gasteiger charge is 2.30. The van der Waals surface area contributed by atoms with E-state index >= 15 is 0 Å². The molecule has 0 radical (unpaired) electrons. The van der Waals surface area contributed by atoms with E-state index in [0.717, 1.165) is 18.5 Å². The molecule has 2 N–H and O–H groups in total. The van der Waals surface area contributed by atoms with Crippen molar-refractivity contribution >= 4 is 17.7 Å². The number of carbonyl (C=O) groups excluding carboxylic acids is 1. The lowest BCUT2D eigenvalue weighted by atomic mass is 9.98. The molecule has 1 saturated heterocycles. The molecule has 0 spiro atoms. The third-order valence-electron chi connectivity index (χ3n) is 6.57. The molecular formula is C27H26N2O4. The maximum atomic E-state index is 12.8. The van der Waals surface area contributed by atoms with E-state index in [1.807, 2.05) is 30.3 Å². The number of ether oxygens (including phenoxy) is 1. The summed E-state index contributed by atoms with van der Waals surface area (Å²) in [5, 5.41) is 12.6. The lowest BCUT2D eigenvalue weighted by Gasteiger charge is -2.32. The number of amides is 1. The Hall–Kier alpha value is -3.80. The number of nitrogens with zero attached hydrogens (tertiary/aromatic N) is 1. The molecule has 1 aliphatic carbocycles. The van der Waals surface area contributed by atoms with Gasteiger partial charge >= 0.3 is 12.1 Å². The minimum atomic E-state index is -0.941. The number of aromatic carboxylic acids is 1. The molecule has 6 heteroatoms. The van der Waals surface area contributed by atoms with Crippen LogP contribution in [-0.2, 0) is 4.74 Å². The normalized spacial score (nSPS) is 15.6. The van der Waals surface area contributed by atoms with Gasteiger partial charge in [0.05, 0.1) is 5.56 Å². The predicted octanol–water partition coefficient (Wildman–Crippen LogP) is 5.21. The van der Waals surface area contributed by atoms with E-state index < -0.39 is 5.97 Å². The van der Waals surface area contributed by atoms with Crippen molar-refractivity contribution in [2.45, 2.75) is 24.8 Å². The summed E-state index contributed by atoms with van der Waals surface area (Å²) in [6.45, 7) is 1.53. The molecule has 1 fully saturated rings. The van der Waals surface area contributed by atoms with Gasteiger partial charge in [0, 0.05) is 30.7 Å². The molecule has 0 aromatic heterocycles. The summed E-state index contributed by atoms with van der Waals surface area (Å²) in [6.07, 6.45) is 1.28. The fraction of sp³-hybridized carbons (Fsp3) is 0.259. The zero-order valence-electron chi connectivity index (χ0n) is 18.2. The number of carboxylic acid groups (broad SMARTS) is 1. The van der Waals surface area contributed by atoms with Crippen LogP contribution in [0.1, 0.15) is 40.2 Å². The van der Waals surface area contributed by atoms with Gasteiger partial charge in [0.15, 0.2) is 0 Å². The van der Waals surface area contributed by atoms with Gasteiger partial charge in [-0.05, 0) is 53.3 Å². The highest BCUT2D eigenvalue weighted by molar-refractivity contribution is 5.88. The van der Waals surface area contributed by atoms with Crippen molar-refractivity contribution in [1.29, 1.82) is 0 Å². The SMILES string of the molecule is O=C(O)c1cccc(NC2CCN(C(=O)OCC3c4ccccc4-c4ccccc43)CC2)c1. The first-order chi connectivity index (χ1) is 16.1. The molecule has 1 heterocycles. The van der Waals surface area contributed by atoms with Crippen molar-refractivity contribution < 1.29 is 19.4 Å². The van der Waals surface area contributed by atoms with Crippen LogP contribution in [0.5, 0.6) is 0 Å². The first-order valence-corrected chi connectivity index (χ1v) is 11.3. The number of benzene rings is 3. The Labute approximate surface area is 192 Å². The zero-order valence-corrected chi connectivity index (χ0v) is 18.2. The fourth-order valence-electron chi connectivity index (χ4n) is 4.87. The molecule has 1 amide bonds. The van der Waals surface area contributed by atoms with Crippen LogP contribution in [0.15, 0.2) is 72.8 Å². The summed E-state index contributed by atoms with van der Waals surface area (Å²) in [7, 11) is 0. The second-order valence-corrected chi connectivity index (χ2v) is 8.60. The summed E-state index contributed by atoms with van der Waals surface area (Å²) >= 11 is 0. The molecule has 5 rings (SSSR count). The summed E-state index contributed by atoms with van der Waals surface area (Å²) in [5.74, 6) is -0.884. The smallest absolute Gasteiger partial charge is 0.409 e. The van der Waals surface area contributed by atoms with E-state index in [1.165, 1.54) is 22.3 Å². The third-order valence-corrected chi connectivity index (χ3v) is 6.57. The summed E-state index contributed by atoms with van der Waals surface area (Å²) in [6, 6.07) is 23.6. The van der Waals surface area contributed by atoms with E-state index in [-0.39, 0.29) is 23.6 Å². The van der Waals surface area contributed by atoms with Crippen LogP contribution in [0.4, 0.5) is 10.5 Å². The van der Waals surface area contributed by atoms with Crippen molar-refractivity contribution in [1.82, 2.24) is 4.90 Å². The quantitative estimate of drug-likeness (QED) is 0.567. The Bertz CT molecular complexity index is 1140. The fourth-order valence-corrected chi connectivity index (χ4v) is 4.87. The van der Waals surface area contributed by atoms with Crippen molar-refractivity contribution in [2.75, 3.05) is 25.0 Å².